The van der Waals surface area contributed by atoms with E-state index in [4.69, 9.17) is 9.47 Å². The average Bonchev–Trinajstić information content (AvgIpc) is 2.55. The van der Waals surface area contributed by atoms with Crippen molar-refractivity contribution in [3.63, 3.8) is 0 Å². The van der Waals surface area contributed by atoms with E-state index in [-0.39, 0.29) is 10.9 Å². The average molecular weight is 406 g/mol. The third kappa shape index (κ3) is 3.83. The third-order valence-electron chi connectivity index (χ3n) is 4.32. The van der Waals surface area contributed by atoms with Gasteiger partial charge in [-0.05, 0) is 34.8 Å². The highest BCUT2D eigenvalue weighted by Gasteiger charge is 2.33. The van der Waals surface area contributed by atoms with Gasteiger partial charge in [0.05, 0.1) is 14.2 Å². The van der Waals surface area contributed by atoms with Gasteiger partial charge in [-0.3, -0.25) is 0 Å². The van der Waals surface area contributed by atoms with E-state index in [1.165, 1.54) is 26.7 Å². The first-order valence-corrected chi connectivity index (χ1v) is 10.1. The van der Waals surface area contributed by atoms with Gasteiger partial charge in [-0.15, -0.1) is 0 Å². The molecule has 0 aliphatic heterocycles. The number of sulfonamides is 1. The molecule has 130 valence electrons. The molecule has 0 spiro atoms. The van der Waals surface area contributed by atoms with Crippen molar-refractivity contribution in [2.45, 2.75) is 50.0 Å². The Bertz CT molecular complexity index is 642. The van der Waals surface area contributed by atoms with Gasteiger partial charge in [0, 0.05) is 23.1 Å². The number of ether oxygens (including phenoxy) is 2. The summed E-state index contributed by atoms with van der Waals surface area (Å²) < 4.78 is 38.9. The first kappa shape index (κ1) is 18.5. The van der Waals surface area contributed by atoms with Crippen LogP contribution in [0.2, 0.25) is 0 Å². The number of methoxy groups -OCH3 is 2. The molecule has 1 aliphatic rings. The van der Waals surface area contributed by atoms with Crippen LogP contribution >= 0.6 is 15.9 Å². The van der Waals surface area contributed by atoms with Crippen LogP contribution in [-0.4, -0.2) is 39.5 Å². The summed E-state index contributed by atoms with van der Waals surface area (Å²) in [5, 5.41) is 0. The predicted molar refractivity (Wildman–Crippen MR) is 93.7 cm³/mol. The molecular weight excluding hydrogens is 382 g/mol. The lowest BCUT2D eigenvalue weighted by Gasteiger charge is -2.33. The zero-order valence-corrected chi connectivity index (χ0v) is 16.2. The Morgan fingerprint density at radius 2 is 1.70 bits per heavy atom. The van der Waals surface area contributed by atoms with Crippen molar-refractivity contribution < 1.29 is 17.9 Å². The highest BCUT2D eigenvalue weighted by Crippen LogP contribution is 2.38. The number of halogens is 1. The van der Waals surface area contributed by atoms with Crippen LogP contribution in [0.25, 0.3) is 0 Å². The van der Waals surface area contributed by atoms with Gasteiger partial charge < -0.3 is 9.47 Å². The largest absolute Gasteiger partial charge is 0.493 e. The Labute approximate surface area is 147 Å². The van der Waals surface area contributed by atoms with E-state index in [1.807, 2.05) is 6.92 Å². The summed E-state index contributed by atoms with van der Waals surface area (Å²) in [6.07, 6.45) is 5.22. The number of rotatable bonds is 6. The van der Waals surface area contributed by atoms with Crippen molar-refractivity contribution in [2.75, 3.05) is 20.8 Å². The molecule has 0 aromatic heterocycles. The summed E-state index contributed by atoms with van der Waals surface area (Å²) >= 11 is 3.37. The minimum atomic E-state index is -3.59. The van der Waals surface area contributed by atoms with Crippen LogP contribution in [0, 0.1) is 0 Å². The highest BCUT2D eigenvalue weighted by molar-refractivity contribution is 9.10. The summed E-state index contributed by atoms with van der Waals surface area (Å²) in [5.41, 5.74) is 0. The lowest BCUT2D eigenvalue weighted by atomic mass is 9.95. The number of hydrogen-bond donors (Lipinski definition) is 0. The van der Waals surface area contributed by atoms with Crippen molar-refractivity contribution in [1.82, 2.24) is 4.31 Å². The maximum atomic E-state index is 13.2. The molecule has 0 amide bonds. The van der Waals surface area contributed by atoms with Gasteiger partial charge in [0.25, 0.3) is 0 Å². The Hall–Kier alpha value is -0.790. The normalized spacial score (nSPS) is 16.6. The number of hydrogen-bond acceptors (Lipinski definition) is 4. The predicted octanol–water partition coefficient (Wildman–Crippen LogP) is 3.81. The molecule has 0 bridgehead atoms. The minimum Gasteiger partial charge on any atom is -0.493 e. The quantitative estimate of drug-likeness (QED) is 0.721. The van der Waals surface area contributed by atoms with E-state index >= 15 is 0 Å². The van der Waals surface area contributed by atoms with E-state index in [1.54, 1.807) is 10.4 Å². The van der Waals surface area contributed by atoms with E-state index in [9.17, 15) is 8.42 Å². The first-order chi connectivity index (χ1) is 11.0. The van der Waals surface area contributed by atoms with Crippen LogP contribution in [0.1, 0.15) is 39.0 Å². The van der Waals surface area contributed by atoms with Gasteiger partial charge in [-0.2, -0.15) is 4.31 Å². The summed E-state index contributed by atoms with van der Waals surface area (Å²) in [6.45, 7) is 2.36. The standard InChI is InChI=1S/C16H24BrNO4S/c1-4-18(12-8-6-5-7-9-12)23(19,20)16-11-15(22-3)14(21-2)10-13(16)17/h10-12H,4-9H2,1-3H3. The molecule has 1 aliphatic carbocycles. The molecule has 7 heteroatoms. The second-order valence-corrected chi connectivity index (χ2v) is 8.35. The fourth-order valence-electron chi connectivity index (χ4n) is 3.15. The van der Waals surface area contributed by atoms with Crippen molar-refractivity contribution >= 4 is 26.0 Å². The summed E-state index contributed by atoms with van der Waals surface area (Å²) in [5.74, 6) is 0.910. The molecular formula is C16H24BrNO4S. The Kier molecular flexibility index (Phi) is 6.33. The van der Waals surface area contributed by atoms with Crippen LogP contribution < -0.4 is 9.47 Å². The van der Waals surface area contributed by atoms with Crippen LogP contribution in [0.5, 0.6) is 11.5 Å². The second-order valence-electron chi connectivity index (χ2n) is 5.64. The molecule has 1 saturated carbocycles. The highest BCUT2D eigenvalue weighted by atomic mass is 79.9. The fourth-order valence-corrected chi connectivity index (χ4v) is 5.85. The lowest BCUT2D eigenvalue weighted by Crippen LogP contribution is -2.41. The van der Waals surface area contributed by atoms with Crippen LogP contribution in [0.3, 0.4) is 0 Å². The van der Waals surface area contributed by atoms with Crippen molar-refractivity contribution in [3.05, 3.63) is 16.6 Å². The van der Waals surface area contributed by atoms with Gasteiger partial charge in [0.2, 0.25) is 10.0 Å². The summed E-state index contributed by atoms with van der Waals surface area (Å²) in [7, 11) is -0.561. The number of benzene rings is 1. The third-order valence-corrected chi connectivity index (χ3v) is 7.30. The molecule has 23 heavy (non-hydrogen) atoms. The Balaban J connectivity index is 2.44. The van der Waals surface area contributed by atoms with Gasteiger partial charge in [0.1, 0.15) is 4.90 Å². The SMILES string of the molecule is CCN(C1CCCCC1)S(=O)(=O)c1cc(OC)c(OC)cc1Br. The molecule has 1 aromatic carbocycles. The topological polar surface area (TPSA) is 55.8 Å². The zero-order valence-electron chi connectivity index (χ0n) is 13.8. The fraction of sp³-hybridized carbons (Fsp3) is 0.625. The van der Waals surface area contributed by atoms with E-state index < -0.39 is 10.0 Å². The Morgan fingerprint density at radius 1 is 1.13 bits per heavy atom. The monoisotopic (exact) mass is 405 g/mol. The van der Waals surface area contributed by atoms with Gasteiger partial charge in [-0.25, -0.2) is 8.42 Å². The molecule has 1 fully saturated rings. The van der Waals surface area contributed by atoms with Gasteiger partial charge in [-0.1, -0.05) is 26.2 Å². The van der Waals surface area contributed by atoms with Crippen LogP contribution in [0.15, 0.2) is 21.5 Å². The maximum absolute atomic E-state index is 13.2. The summed E-state index contributed by atoms with van der Waals surface area (Å²) in [6, 6.07) is 3.25. The van der Waals surface area contributed by atoms with E-state index in [0.717, 1.165) is 25.7 Å². The molecule has 5 nitrogen and oxygen atoms in total. The maximum Gasteiger partial charge on any atom is 0.244 e. The van der Waals surface area contributed by atoms with E-state index in [2.05, 4.69) is 15.9 Å². The van der Waals surface area contributed by atoms with Crippen LogP contribution in [-0.2, 0) is 10.0 Å². The molecule has 0 saturated heterocycles. The molecule has 1 aromatic rings. The molecule has 0 unspecified atom stereocenters. The zero-order chi connectivity index (χ0) is 17.0. The van der Waals surface area contributed by atoms with Crippen molar-refractivity contribution in [2.24, 2.45) is 0 Å². The van der Waals surface area contributed by atoms with Gasteiger partial charge >= 0.3 is 0 Å². The number of nitrogens with zero attached hydrogens (tertiary/aromatic N) is 1. The van der Waals surface area contributed by atoms with Gasteiger partial charge in [0.15, 0.2) is 11.5 Å². The molecule has 0 radical (unpaired) electrons. The lowest BCUT2D eigenvalue weighted by molar-refractivity contribution is 0.261. The molecule has 2 rings (SSSR count). The summed E-state index contributed by atoms with van der Waals surface area (Å²) in [4.78, 5) is 0.225. The Morgan fingerprint density at radius 3 is 2.22 bits per heavy atom. The van der Waals surface area contributed by atoms with Crippen LogP contribution in [0.4, 0.5) is 0 Å². The first-order valence-electron chi connectivity index (χ1n) is 7.89. The van der Waals surface area contributed by atoms with Crippen molar-refractivity contribution in [3.8, 4) is 11.5 Å². The van der Waals surface area contributed by atoms with Crippen molar-refractivity contribution in [1.29, 1.82) is 0 Å². The van der Waals surface area contributed by atoms with E-state index in [0.29, 0.717) is 22.5 Å². The molecule has 0 N–H and O–H groups in total. The smallest absolute Gasteiger partial charge is 0.244 e. The molecule has 0 heterocycles. The molecule has 0 atom stereocenters. The second kappa shape index (κ2) is 7.85. The minimum absolute atomic E-state index is 0.0822.